The molecule has 0 aromatic heterocycles. The van der Waals surface area contributed by atoms with Crippen molar-refractivity contribution in [2.24, 2.45) is 0 Å². The molecule has 0 atom stereocenters. The number of anilines is 1. The standard InChI is InChI=1S/C15H15NO3/c1-10(17)16(2)14-9-8-13(15(18)19-3)11-6-4-5-7-12(11)14/h4-9H,1-3H3. The van der Waals surface area contributed by atoms with E-state index < -0.39 is 0 Å². The molecule has 0 aliphatic heterocycles. The zero-order valence-corrected chi connectivity index (χ0v) is 11.1. The molecule has 0 saturated heterocycles. The number of esters is 1. The van der Waals surface area contributed by atoms with Gasteiger partial charge in [-0.1, -0.05) is 24.3 Å². The van der Waals surface area contributed by atoms with Crippen molar-refractivity contribution in [3.8, 4) is 0 Å². The number of ether oxygens (including phenoxy) is 1. The third kappa shape index (κ3) is 2.29. The van der Waals surface area contributed by atoms with Crippen molar-refractivity contribution in [3.05, 3.63) is 42.0 Å². The van der Waals surface area contributed by atoms with Crippen molar-refractivity contribution in [1.29, 1.82) is 0 Å². The molecule has 0 saturated carbocycles. The Balaban J connectivity index is 2.71. The van der Waals surface area contributed by atoms with Crippen LogP contribution in [-0.2, 0) is 9.53 Å². The first-order valence-electron chi connectivity index (χ1n) is 5.90. The molecule has 4 nitrogen and oxygen atoms in total. The second-order valence-corrected chi connectivity index (χ2v) is 4.25. The number of rotatable bonds is 2. The van der Waals surface area contributed by atoms with Gasteiger partial charge in [-0.15, -0.1) is 0 Å². The van der Waals surface area contributed by atoms with Gasteiger partial charge < -0.3 is 9.64 Å². The van der Waals surface area contributed by atoms with Gasteiger partial charge in [0.25, 0.3) is 0 Å². The zero-order chi connectivity index (χ0) is 14.0. The summed E-state index contributed by atoms with van der Waals surface area (Å²) in [5.41, 5.74) is 1.27. The Morgan fingerprint density at radius 3 is 2.26 bits per heavy atom. The maximum atomic E-state index is 11.7. The van der Waals surface area contributed by atoms with Crippen LogP contribution < -0.4 is 4.90 Å². The van der Waals surface area contributed by atoms with E-state index in [1.165, 1.54) is 14.0 Å². The number of nitrogens with zero attached hydrogens (tertiary/aromatic N) is 1. The summed E-state index contributed by atoms with van der Waals surface area (Å²) >= 11 is 0. The van der Waals surface area contributed by atoms with E-state index in [2.05, 4.69) is 0 Å². The largest absolute Gasteiger partial charge is 0.465 e. The lowest BCUT2D eigenvalue weighted by molar-refractivity contribution is -0.116. The van der Waals surface area contributed by atoms with E-state index in [-0.39, 0.29) is 11.9 Å². The molecule has 0 aliphatic rings. The number of carbonyl (C=O) groups excluding carboxylic acids is 2. The fourth-order valence-corrected chi connectivity index (χ4v) is 2.03. The first-order chi connectivity index (χ1) is 9.06. The normalized spacial score (nSPS) is 10.3. The molecular formula is C15H15NO3. The minimum absolute atomic E-state index is 0.0593. The van der Waals surface area contributed by atoms with E-state index in [1.807, 2.05) is 24.3 Å². The van der Waals surface area contributed by atoms with Gasteiger partial charge in [-0.25, -0.2) is 4.79 Å². The summed E-state index contributed by atoms with van der Waals surface area (Å²) < 4.78 is 4.77. The minimum atomic E-state index is -0.381. The predicted octanol–water partition coefficient (Wildman–Crippen LogP) is 2.61. The number of benzene rings is 2. The first-order valence-corrected chi connectivity index (χ1v) is 5.90. The van der Waals surface area contributed by atoms with Crippen LogP contribution in [0.4, 0.5) is 5.69 Å². The van der Waals surface area contributed by atoms with Gasteiger partial charge in [-0.05, 0) is 17.5 Å². The maximum absolute atomic E-state index is 11.7. The Labute approximate surface area is 111 Å². The molecule has 4 heteroatoms. The minimum Gasteiger partial charge on any atom is -0.465 e. The molecule has 2 rings (SSSR count). The summed E-state index contributed by atoms with van der Waals surface area (Å²) in [4.78, 5) is 24.8. The fourth-order valence-electron chi connectivity index (χ4n) is 2.03. The van der Waals surface area contributed by atoms with Gasteiger partial charge in [-0.2, -0.15) is 0 Å². The van der Waals surface area contributed by atoms with Gasteiger partial charge in [0.2, 0.25) is 5.91 Å². The highest BCUT2D eigenvalue weighted by Gasteiger charge is 2.15. The topological polar surface area (TPSA) is 46.6 Å². The van der Waals surface area contributed by atoms with Crippen LogP contribution in [0.25, 0.3) is 10.8 Å². The Bertz CT molecular complexity index is 649. The highest BCUT2D eigenvalue weighted by Crippen LogP contribution is 2.29. The van der Waals surface area contributed by atoms with Gasteiger partial charge in [0.15, 0.2) is 0 Å². The number of hydrogen-bond donors (Lipinski definition) is 0. The van der Waals surface area contributed by atoms with Crippen LogP contribution >= 0.6 is 0 Å². The third-order valence-corrected chi connectivity index (χ3v) is 3.14. The lowest BCUT2D eigenvalue weighted by Gasteiger charge is -2.18. The van der Waals surface area contributed by atoms with Crippen LogP contribution in [-0.4, -0.2) is 26.0 Å². The molecule has 0 heterocycles. The molecule has 98 valence electrons. The molecule has 0 N–H and O–H groups in total. The Morgan fingerprint density at radius 2 is 1.68 bits per heavy atom. The molecular weight excluding hydrogens is 242 g/mol. The molecule has 0 radical (unpaired) electrons. The summed E-state index contributed by atoms with van der Waals surface area (Å²) in [5, 5.41) is 1.63. The van der Waals surface area contributed by atoms with E-state index in [0.29, 0.717) is 5.56 Å². The van der Waals surface area contributed by atoms with Gasteiger partial charge in [0.05, 0.1) is 18.4 Å². The summed E-state index contributed by atoms with van der Waals surface area (Å²) in [6, 6.07) is 10.9. The zero-order valence-electron chi connectivity index (χ0n) is 11.1. The molecule has 0 unspecified atom stereocenters. The summed E-state index contributed by atoms with van der Waals surface area (Å²) in [5.74, 6) is -0.441. The molecule has 0 bridgehead atoms. The SMILES string of the molecule is COC(=O)c1ccc(N(C)C(C)=O)c2ccccc12. The van der Waals surface area contributed by atoms with E-state index >= 15 is 0 Å². The van der Waals surface area contributed by atoms with E-state index in [0.717, 1.165) is 16.5 Å². The van der Waals surface area contributed by atoms with Crippen LogP contribution in [0.15, 0.2) is 36.4 Å². The number of methoxy groups -OCH3 is 1. The molecule has 1 amide bonds. The summed E-state index contributed by atoms with van der Waals surface area (Å²) in [6.45, 7) is 1.50. The van der Waals surface area contributed by atoms with E-state index in [1.54, 1.807) is 24.1 Å². The predicted molar refractivity (Wildman–Crippen MR) is 74.4 cm³/mol. The van der Waals surface area contributed by atoms with E-state index in [4.69, 9.17) is 4.74 Å². The lowest BCUT2D eigenvalue weighted by Crippen LogP contribution is -2.23. The van der Waals surface area contributed by atoms with Crippen LogP contribution in [0.2, 0.25) is 0 Å². The van der Waals surface area contributed by atoms with Crippen LogP contribution in [0.3, 0.4) is 0 Å². The molecule has 2 aromatic rings. The molecule has 2 aromatic carbocycles. The molecule has 0 spiro atoms. The van der Waals surface area contributed by atoms with Crippen molar-refractivity contribution in [3.63, 3.8) is 0 Å². The Morgan fingerprint density at radius 1 is 1.05 bits per heavy atom. The van der Waals surface area contributed by atoms with Gasteiger partial charge in [0, 0.05) is 19.4 Å². The Hall–Kier alpha value is -2.36. The number of carbonyl (C=O) groups is 2. The second kappa shape index (κ2) is 5.10. The molecule has 19 heavy (non-hydrogen) atoms. The first kappa shape index (κ1) is 13.1. The summed E-state index contributed by atoms with van der Waals surface area (Å²) in [6.07, 6.45) is 0. The average molecular weight is 257 g/mol. The number of amides is 1. The van der Waals surface area contributed by atoms with Crippen molar-refractivity contribution in [2.45, 2.75) is 6.92 Å². The van der Waals surface area contributed by atoms with Gasteiger partial charge >= 0.3 is 5.97 Å². The molecule has 0 fully saturated rings. The van der Waals surface area contributed by atoms with Crippen molar-refractivity contribution >= 4 is 28.3 Å². The third-order valence-electron chi connectivity index (χ3n) is 3.14. The number of fused-ring (bicyclic) bond motifs is 1. The van der Waals surface area contributed by atoms with Crippen molar-refractivity contribution < 1.29 is 14.3 Å². The summed E-state index contributed by atoms with van der Waals surface area (Å²) in [7, 11) is 3.06. The monoisotopic (exact) mass is 257 g/mol. The average Bonchev–Trinajstić information content (AvgIpc) is 2.44. The lowest BCUT2D eigenvalue weighted by atomic mass is 10.0. The van der Waals surface area contributed by atoms with E-state index in [9.17, 15) is 9.59 Å². The number of hydrogen-bond acceptors (Lipinski definition) is 3. The fraction of sp³-hybridized carbons (Fsp3) is 0.200. The van der Waals surface area contributed by atoms with Gasteiger partial charge in [0.1, 0.15) is 0 Å². The van der Waals surface area contributed by atoms with Crippen LogP contribution in [0.5, 0.6) is 0 Å². The highest BCUT2D eigenvalue weighted by atomic mass is 16.5. The van der Waals surface area contributed by atoms with Gasteiger partial charge in [-0.3, -0.25) is 4.79 Å². The van der Waals surface area contributed by atoms with Crippen molar-refractivity contribution in [2.75, 3.05) is 19.1 Å². The van der Waals surface area contributed by atoms with Crippen LogP contribution in [0, 0.1) is 0 Å². The smallest absolute Gasteiger partial charge is 0.338 e. The van der Waals surface area contributed by atoms with Crippen molar-refractivity contribution in [1.82, 2.24) is 0 Å². The Kier molecular flexibility index (Phi) is 3.51. The van der Waals surface area contributed by atoms with Crippen LogP contribution in [0.1, 0.15) is 17.3 Å². The quantitative estimate of drug-likeness (QED) is 0.777. The maximum Gasteiger partial charge on any atom is 0.338 e. The second-order valence-electron chi connectivity index (χ2n) is 4.25. The molecule has 0 aliphatic carbocycles. The highest BCUT2D eigenvalue weighted by molar-refractivity contribution is 6.10.